The van der Waals surface area contributed by atoms with Crippen molar-refractivity contribution in [2.45, 2.75) is 37.8 Å². The SMILES string of the molecule is O=C1NCCC[C@H]1NC1CCN(c2ccccc2F)CC1. The highest BCUT2D eigenvalue weighted by Crippen LogP contribution is 2.23. The summed E-state index contributed by atoms with van der Waals surface area (Å²) in [5.74, 6) is -0.0339. The number of nitrogens with one attached hydrogen (secondary N) is 2. The summed E-state index contributed by atoms with van der Waals surface area (Å²) in [4.78, 5) is 13.9. The van der Waals surface area contributed by atoms with E-state index in [2.05, 4.69) is 15.5 Å². The number of amides is 1. The Morgan fingerprint density at radius 2 is 1.95 bits per heavy atom. The number of piperidine rings is 2. The molecule has 0 aliphatic carbocycles. The number of carbonyl (C=O) groups excluding carboxylic acids is 1. The van der Waals surface area contributed by atoms with Crippen LogP contribution in [0.15, 0.2) is 24.3 Å². The van der Waals surface area contributed by atoms with Crippen LogP contribution in [0.4, 0.5) is 10.1 Å². The van der Waals surface area contributed by atoms with E-state index in [4.69, 9.17) is 0 Å². The zero-order chi connectivity index (χ0) is 14.7. The second-order valence-electron chi connectivity index (χ2n) is 5.87. The molecule has 2 saturated heterocycles. The molecule has 2 aliphatic rings. The van der Waals surface area contributed by atoms with Crippen molar-refractivity contribution in [2.75, 3.05) is 24.5 Å². The standard InChI is InChI=1S/C16H22FN3O/c17-13-4-1-2-6-15(13)20-10-7-12(8-11-20)19-14-5-3-9-18-16(14)21/h1-2,4,6,12,14,19H,3,5,7-11H2,(H,18,21)/t14-/m1/s1. The van der Waals surface area contributed by atoms with Crippen LogP contribution in [0, 0.1) is 5.82 Å². The van der Waals surface area contributed by atoms with Crippen molar-refractivity contribution in [3.05, 3.63) is 30.1 Å². The van der Waals surface area contributed by atoms with E-state index in [1.807, 2.05) is 12.1 Å². The first kappa shape index (κ1) is 14.3. The van der Waals surface area contributed by atoms with Gasteiger partial charge in [0.25, 0.3) is 0 Å². The molecular formula is C16H22FN3O. The van der Waals surface area contributed by atoms with E-state index >= 15 is 0 Å². The molecule has 2 N–H and O–H groups in total. The van der Waals surface area contributed by atoms with Crippen LogP contribution in [0.1, 0.15) is 25.7 Å². The molecular weight excluding hydrogens is 269 g/mol. The van der Waals surface area contributed by atoms with Crippen molar-refractivity contribution in [2.24, 2.45) is 0 Å². The summed E-state index contributed by atoms with van der Waals surface area (Å²) in [7, 11) is 0. The summed E-state index contributed by atoms with van der Waals surface area (Å²) in [5.41, 5.74) is 0.686. The van der Waals surface area contributed by atoms with Crippen molar-refractivity contribution < 1.29 is 9.18 Å². The van der Waals surface area contributed by atoms with Gasteiger partial charge >= 0.3 is 0 Å². The third-order valence-corrected chi connectivity index (χ3v) is 4.41. The van der Waals surface area contributed by atoms with Crippen LogP contribution in [-0.2, 0) is 4.79 Å². The molecule has 3 rings (SSSR count). The molecule has 1 aromatic carbocycles. The van der Waals surface area contributed by atoms with Crippen molar-refractivity contribution in [3.63, 3.8) is 0 Å². The minimum Gasteiger partial charge on any atom is -0.369 e. The number of hydrogen-bond acceptors (Lipinski definition) is 3. The van der Waals surface area contributed by atoms with Gasteiger partial charge in [-0.15, -0.1) is 0 Å². The monoisotopic (exact) mass is 291 g/mol. The summed E-state index contributed by atoms with van der Waals surface area (Å²) in [6.07, 6.45) is 3.84. The second kappa shape index (κ2) is 6.43. The van der Waals surface area contributed by atoms with Gasteiger partial charge in [-0.3, -0.25) is 4.79 Å². The number of nitrogens with zero attached hydrogens (tertiary/aromatic N) is 1. The van der Waals surface area contributed by atoms with Crippen LogP contribution < -0.4 is 15.5 Å². The molecule has 1 amide bonds. The molecule has 0 aromatic heterocycles. The fourth-order valence-corrected chi connectivity index (χ4v) is 3.21. The Balaban J connectivity index is 1.53. The van der Waals surface area contributed by atoms with E-state index in [9.17, 15) is 9.18 Å². The largest absolute Gasteiger partial charge is 0.369 e. The molecule has 2 fully saturated rings. The second-order valence-corrected chi connectivity index (χ2v) is 5.87. The maximum absolute atomic E-state index is 13.8. The maximum Gasteiger partial charge on any atom is 0.237 e. The van der Waals surface area contributed by atoms with Gasteiger partial charge in [-0.05, 0) is 37.8 Å². The highest BCUT2D eigenvalue weighted by molar-refractivity contribution is 5.82. The Labute approximate surface area is 124 Å². The van der Waals surface area contributed by atoms with Crippen molar-refractivity contribution in [1.29, 1.82) is 0 Å². The first-order valence-electron chi connectivity index (χ1n) is 7.77. The lowest BCUT2D eigenvalue weighted by Gasteiger charge is -2.36. The van der Waals surface area contributed by atoms with Gasteiger partial charge in [0.2, 0.25) is 5.91 Å². The molecule has 21 heavy (non-hydrogen) atoms. The highest BCUT2D eigenvalue weighted by atomic mass is 19.1. The minimum absolute atomic E-state index is 0.0521. The molecule has 1 atom stereocenters. The summed E-state index contributed by atoms with van der Waals surface area (Å²) in [6.45, 7) is 2.45. The Hall–Kier alpha value is -1.62. The number of hydrogen-bond donors (Lipinski definition) is 2. The van der Waals surface area contributed by atoms with Crippen molar-refractivity contribution in [1.82, 2.24) is 10.6 Å². The van der Waals surface area contributed by atoms with Crippen LogP contribution in [0.3, 0.4) is 0 Å². The molecule has 0 radical (unpaired) electrons. The molecule has 0 spiro atoms. The quantitative estimate of drug-likeness (QED) is 0.890. The van der Waals surface area contributed by atoms with Gasteiger partial charge in [-0.1, -0.05) is 12.1 Å². The number of benzene rings is 1. The average molecular weight is 291 g/mol. The van der Waals surface area contributed by atoms with Crippen LogP contribution in [0.2, 0.25) is 0 Å². The van der Waals surface area contributed by atoms with Gasteiger partial charge in [0.15, 0.2) is 0 Å². The summed E-state index contributed by atoms with van der Waals surface area (Å²) in [5, 5.41) is 6.36. The fourth-order valence-electron chi connectivity index (χ4n) is 3.21. The van der Waals surface area contributed by atoms with E-state index in [-0.39, 0.29) is 17.8 Å². The van der Waals surface area contributed by atoms with Gasteiger partial charge in [0.1, 0.15) is 5.82 Å². The zero-order valence-corrected chi connectivity index (χ0v) is 12.1. The van der Waals surface area contributed by atoms with Gasteiger partial charge in [-0.2, -0.15) is 0 Å². The van der Waals surface area contributed by atoms with Crippen LogP contribution in [0.25, 0.3) is 0 Å². The molecule has 114 valence electrons. The zero-order valence-electron chi connectivity index (χ0n) is 12.1. The molecule has 0 unspecified atom stereocenters. The predicted octanol–water partition coefficient (Wildman–Crippen LogP) is 1.66. The lowest BCUT2D eigenvalue weighted by Crippen LogP contribution is -2.54. The van der Waals surface area contributed by atoms with Crippen molar-refractivity contribution >= 4 is 11.6 Å². The van der Waals surface area contributed by atoms with Gasteiger partial charge in [-0.25, -0.2) is 4.39 Å². The highest BCUT2D eigenvalue weighted by Gasteiger charge is 2.27. The topological polar surface area (TPSA) is 44.4 Å². The number of anilines is 1. The normalized spacial score (nSPS) is 24.0. The lowest BCUT2D eigenvalue weighted by molar-refractivity contribution is -0.124. The Kier molecular flexibility index (Phi) is 4.39. The Bertz CT molecular complexity index is 500. The van der Waals surface area contributed by atoms with Crippen molar-refractivity contribution in [3.8, 4) is 0 Å². The first-order chi connectivity index (χ1) is 10.2. The maximum atomic E-state index is 13.8. The summed E-state index contributed by atoms with van der Waals surface area (Å²) in [6, 6.07) is 7.22. The third-order valence-electron chi connectivity index (χ3n) is 4.41. The third kappa shape index (κ3) is 3.35. The molecule has 2 heterocycles. The number of carbonyl (C=O) groups is 1. The van der Waals surface area contributed by atoms with E-state index in [1.165, 1.54) is 6.07 Å². The average Bonchev–Trinajstić information content (AvgIpc) is 2.51. The first-order valence-corrected chi connectivity index (χ1v) is 7.77. The summed E-state index contributed by atoms with van der Waals surface area (Å²) < 4.78 is 13.8. The molecule has 5 heteroatoms. The molecule has 2 aliphatic heterocycles. The molecule has 4 nitrogen and oxygen atoms in total. The molecule has 0 bridgehead atoms. The van der Waals surface area contributed by atoms with Crippen LogP contribution >= 0.6 is 0 Å². The number of para-hydroxylation sites is 1. The smallest absolute Gasteiger partial charge is 0.237 e. The minimum atomic E-state index is -0.157. The number of halogens is 1. The van der Waals surface area contributed by atoms with Crippen LogP contribution in [0.5, 0.6) is 0 Å². The van der Waals surface area contributed by atoms with E-state index < -0.39 is 0 Å². The molecule has 0 saturated carbocycles. The Morgan fingerprint density at radius 3 is 2.67 bits per heavy atom. The van der Waals surface area contributed by atoms with E-state index in [1.54, 1.807) is 6.07 Å². The molecule has 1 aromatic rings. The predicted molar refractivity (Wildman–Crippen MR) is 80.8 cm³/mol. The van der Waals surface area contributed by atoms with E-state index in [0.717, 1.165) is 45.3 Å². The van der Waals surface area contributed by atoms with Gasteiger partial charge in [0, 0.05) is 25.7 Å². The van der Waals surface area contributed by atoms with Gasteiger partial charge in [0.05, 0.1) is 11.7 Å². The van der Waals surface area contributed by atoms with Crippen LogP contribution in [-0.4, -0.2) is 37.6 Å². The number of rotatable bonds is 3. The Morgan fingerprint density at radius 1 is 1.19 bits per heavy atom. The lowest BCUT2D eigenvalue weighted by atomic mass is 10.00. The van der Waals surface area contributed by atoms with E-state index in [0.29, 0.717) is 11.7 Å². The summed E-state index contributed by atoms with van der Waals surface area (Å²) >= 11 is 0. The fraction of sp³-hybridized carbons (Fsp3) is 0.562. The van der Waals surface area contributed by atoms with Gasteiger partial charge < -0.3 is 15.5 Å².